The molecule has 0 saturated carbocycles. The third-order valence-corrected chi connectivity index (χ3v) is 3.24. The molecule has 2 heterocycles. The number of nitrogens with zero attached hydrogens (tertiary/aromatic N) is 2. The highest BCUT2D eigenvalue weighted by atomic mass is 16.5. The zero-order chi connectivity index (χ0) is 11.8. The molecule has 0 fully saturated rings. The highest BCUT2D eigenvalue weighted by Crippen LogP contribution is 2.33. The Labute approximate surface area is 101 Å². The van der Waals surface area contributed by atoms with Crippen molar-refractivity contribution in [3.8, 4) is 5.75 Å². The van der Waals surface area contributed by atoms with E-state index < -0.39 is 0 Å². The van der Waals surface area contributed by atoms with E-state index in [1.54, 1.807) is 0 Å². The summed E-state index contributed by atoms with van der Waals surface area (Å²) in [6, 6.07) is 6.29. The van der Waals surface area contributed by atoms with E-state index in [-0.39, 0.29) is 6.10 Å². The maximum absolute atomic E-state index is 6.01. The van der Waals surface area contributed by atoms with Gasteiger partial charge in [-0.3, -0.25) is 4.99 Å². The van der Waals surface area contributed by atoms with Crippen molar-refractivity contribution in [2.75, 3.05) is 31.6 Å². The Kier molecular flexibility index (Phi) is 2.42. The van der Waals surface area contributed by atoms with Gasteiger partial charge in [0, 0.05) is 13.6 Å². The molecule has 1 N–H and O–H groups in total. The fourth-order valence-electron chi connectivity index (χ4n) is 2.34. The molecule has 0 spiro atoms. The van der Waals surface area contributed by atoms with Gasteiger partial charge in [0.05, 0.1) is 18.8 Å². The number of aliphatic imine (C=N–C) groups is 1. The second-order valence-electron chi connectivity index (χ2n) is 4.65. The number of fused-ring (bicyclic) bond motifs is 1. The minimum atomic E-state index is 0.0395. The molecular formula is C13H17N3O. The van der Waals surface area contributed by atoms with Gasteiger partial charge in [0.1, 0.15) is 11.6 Å². The summed E-state index contributed by atoms with van der Waals surface area (Å²) in [7, 11) is 2.10. The van der Waals surface area contributed by atoms with Crippen LogP contribution >= 0.6 is 0 Å². The molecule has 2 aliphatic rings. The second kappa shape index (κ2) is 3.95. The Balaban J connectivity index is 1.90. The van der Waals surface area contributed by atoms with E-state index in [2.05, 4.69) is 41.3 Å². The molecule has 90 valence electrons. The predicted molar refractivity (Wildman–Crippen MR) is 69.2 cm³/mol. The smallest absolute Gasteiger partial charge is 0.173 e. The van der Waals surface area contributed by atoms with Crippen LogP contribution in [0.4, 0.5) is 5.69 Å². The SMILES string of the molecule is Cc1ccc2c(c1)N(C)C[C@@H](C1=NCCN1)O2. The van der Waals surface area contributed by atoms with Gasteiger partial charge in [-0.1, -0.05) is 6.07 Å². The number of aryl methyl sites for hydroxylation is 1. The standard InChI is InChI=1S/C13H17N3O/c1-9-3-4-11-10(7-9)16(2)8-12(17-11)13-14-5-6-15-13/h3-4,7,12H,5-6,8H2,1-2H3,(H,14,15)/t12-/m0/s1. The third-order valence-electron chi connectivity index (χ3n) is 3.24. The molecule has 0 aliphatic carbocycles. The molecule has 4 heteroatoms. The molecule has 0 aromatic heterocycles. The number of nitrogens with one attached hydrogen (secondary N) is 1. The van der Waals surface area contributed by atoms with Crippen molar-refractivity contribution in [1.29, 1.82) is 0 Å². The first-order valence-corrected chi connectivity index (χ1v) is 6.01. The van der Waals surface area contributed by atoms with Crippen LogP contribution in [-0.2, 0) is 0 Å². The van der Waals surface area contributed by atoms with Crippen LogP contribution in [0.3, 0.4) is 0 Å². The molecule has 0 unspecified atom stereocenters. The normalized spacial score (nSPS) is 22.6. The van der Waals surface area contributed by atoms with Crippen LogP contribution in [0.5, 0.6) is 5.75 Å². The zero-order valence-corrected chi connectivity index (χ0v) is 10.2. The Bertz CT molecular complexity index is 470. The first kappa shape index (κ1) is 10.4. The van der Waals surface area contributed by atoms with Crippen LogP contribution in [0.15, 0.2) is 23.2 Å². The highest BCUT2D eigenvalue weighted by Gasteiger charge is 2.28. The van der Waals surface area contributed by atoms with Gasteiger partial charge in [-0.15, -0.1) is 0 Å². The second-order valence-corrected chi connectivity index (χ2v) is 4.65. The van der Waals surface area contributed by atoms with Gasteiger partial charge in [0.25, 0.3) is 0 Å². The lowest BCUT2D eigenvalue weighted by molar-refractivity contribution is 0.256. The number of rotatable bonds is 1. The van der Waals surface area contributed by atoms with Crippen LogP contribution in [0.1, 0.15) is 5.56 Å². The van der Waals surface area contributed by atoms with E-state index >= 15 is 0 Å². The van der Waals surface area contributed by atoms with Crippen molar-refractivity contribution in [3.05, 3.63) is 23.8 Å². The van der Waals surface area contributed by atoms with Crippen LogP contribution in [0, 0.1) is 6.92 Å². The van der Waals surface area contributed by atoms with E-state index in [0.29, 0.717) is 0 Å². The first-order chi connectivity index (χ1) is 8.24. The number of amidine groups is 1. The summed E-state index contributed by atoms with van der Waals surface area (Å²) < 4.78 is 6.01. The topological polar surface area (TPSA) is 36.9 Å². The average Bonchev–Trinajstić information content (AvgIpc) is 2.83. The molecule has 0 radical (unpaired) electrons. The molecule has 3 rings (SSSR count). The number of hydrogen-bond acceptors (Lipinski definition) is 4. The van der Waals surface area contributed by atoms with Crippen molar-refractivity contribution in [1.82, 2.24) is 5.32 Å². The Hall–Kier alpha value is -1.71. The van der Waals surface area contributed by atoms with Crippen LogP contribution < -0.4 is 15.0 Å². The van der Waals surface area contributed by atoms with Crippen molar-refractivity contribution < 1.29 is 4.74 Å². The molecular weight excluding hydrogens is 214 g/mol. The van der Waals surface area contributed by atoms with Crippen molar-refractivity contribution >= 4 is 11.5 Å². The molecule has 1 atom stereocenters. The monoisotopic (exact) mass is 231 g/mol. The zero-order valence-electron chi connectivity index (χ0n) is 10.2. The van der Waals surface area contributed by atoms with Gasteiger partial charge in [0.2, 0.25) is 0 Å². The molecule has 2 aliphatic heterocycles. The van der Waals surface area contributed by atoms with Crippen LogP contribution in [-0.4, -0.2) is 38.6 Å². The Morgan fingerprint density at radius 2 is 2.35 bits per heavy atom. The summed E-state index contributed by atoms with van der Waals surface area (Å²) in [4.78, 5) is 6.67. The van der Waals surface area contributed by atoms with E-state index in [1.165, 1.54) is 11.3 Å². The van der Waals surface area contributed by atoms with Crippen molar-refractivity contribution in [3.63, 3.8) is 0 Å². The van der Waals surface area contributed by atoms with Gasteiger partial charge < -0.3 is 15.0 Å². The maximum Gasteiger partial charge on any atom is 0.173 e. The number of benzene rings is 1. The van der Waals surface area contributed by atoms with Gasteiger partial charge in [0.15, 0.2) is 6.10 Å². The summed E-state index contributed by atoms with van der Waals surface area (Å²) in [6.07, 6.45) is 0.0395. The van der Waals surface area contributed by atoms with Crippen LogP contribution in [0.25, 0.3) is 0 Å². The fourth-order valence-corrected chi connectivity index (χ4v) is 2.34. The lowest BCUT2D eigenvalue weighted by Gasteiger charge is -2.34. The quantitative estimate of drug-likeness (QED) is 0.789. The molecule has 17 heavy (non-hydrogen) atoms. The third kappa shape index (κ3) is 1.84. The fraction of sp³-hybridized carbons (Fsp3) is 0.462. The van der Waals surface area contributed by atoms with E-state index in [9.17, 15) is 0 Å². The van der Waals surface area contributed by atoms with Crippen LogP contribution in [0.2, 0.25) is 0 Å². The number of anilines is 1. The van der Waals surface area contributed by atoms with E-state index in [0.717, 1.165) is 31.2 Å². The van der Waals surface area contributed by atoms with Gasteiger partial charge >= 0.3 is 0 Å². The lowest BCUT2D eigenvalue weighted by atomic mass is 10.1. The number of ether oxygens (including phenoxy) is 1. The molecule has 4 nitrogen and oxygen atoms in total. The minimum absolute atomic E-state index is 0.0395. The number of hydrogen-bond donors (Lipinski definition) is 1. The Morgan fingerprint density at radius 3 is 3.12 bits per heavy atom. The van der Waals surface area contributed by atoms with E-state index in [4.69, 9.17) is 4.74 Å². The largest absolute Gasteiger partial charge is 0.478 e. The molecule has 1 aromatic rings. The predicted octanol–water partition coefficient (Wildman–Crippen LogP) is 1.19. The number of likely N-dealkylation sites (N-methyl/N-ethyl adjacent to an activating group) is 1. The molecule has 0 saturated heterocycles. The molecule has 0 bridgehead atoms. The van der Waals surface area contributed by atoms with Gasteiger partial charge in [-0.25, -0.2) is 0 Å². The van der Waals surface area contributed by atoms with E-state index in [1.807, 2.05) is 6.07 Å². The van der Waals surface area contributed by atoms with Gasteiger partial charge in [-0.05, 0) is 24.6 Å². The molecule has 0 amide bonds. The molecule has 1 aromatic carbocycles. The Morgan fingerprint density at radius 1 is 1.47 bits per heavy atom. The summed E-state index contributed by atoms with van der Waals surface area (Å²) in [5.74, 6) is 1.94. The lowest BCUT2D eigenvalue weighted by Crippen LogP contribution is -2.46. The first-order valence-electron chi connectivity index (χ1n) is 6.01. The summed E-state index contributed by atoms with van der Waals surface area (Å²) >= 11 is 0. The summed E-state index contributed by atoms with van der Waals surface area (Å²) in [5.41, 5.74) is 2.42. The highest BCUT2D eigenvalue weighted by molar-refractivity contribution is 5.89. The summed E-state index contributed by atoms with van der Waals surface area (Å²) in [5, 5.41) is 3.29. The maximum atomic E-state index is 6.01. The van der Waals surface area contributed by atoms with Crippen molar-refractivity contribution in [2.24, 2.45) is 4.99 Å². The van der Waals surface area contributed by atoms with Crippen molar-refractivity contribution in [2.45, 2.75) is 13.0 Å². The van der Waals surface area contributed by atoms with Gasteiger partial charge in [-0.2, -0.15) is 0 Å². The minimum Gasteiger partial charge on any atom is -0.478 e. The summed E-state index contributed by atoms with van der Waals surface area (Å²) in [6.45, 7) is 4.74. The average molecular weight is 231 g/mol.